The second kappa shape index (κ2) is 7.29. The minimum absolute atomic E-state index is 0.0487. The molecule has 4 heterocycles. The van der Waals surface area contributed by atoms with E-state index in [1.165, 1.54) is 6.42 Å². The van der Waals surface area contributed by atoms with Gasteiger partial charge in [0.1, 0.15) is 0 Å². The Hall–Kier alpha value is -1.02. The second-order valence-electron chi connectivity index (χ2n) is 9.56. The van der Waals surface area contributed by atoms with Crippen LogP contribution in [0.5, 0.6) is 0 Å². The molecular formula is C23H32O6. The van der Waals surface area contributed by atoms with Crippen LogP contribution in [0, 0.1) is 23.7 Å². The Morgan fingerprint density at radius 2 is 1.79 bits per heavy atom. The first-order valence-corrected chi connectivity index (χ1v) is 11.0. The molecule has 4 saturated heterocycles. The Morgan fingerprint density at radius 3 is 2.55 bits per heavy atom. The number of hydrogen-bond acceptors (Lipinski definition) is 6. The summed E-state index contributed by atoms with van der Waals surface area (Å²) in [7, 11) is 0. The van der Waals surface area contributed by atoms with Crippen molar-refractivity contribution < 1.29 is 29.1 Å². The van der Waals surface area contributed by atoms with Gasteiger partial charge in [0.05, 0.1) is 13.2 Å². The summed E-state index contributed by atoms with van der Waals surface area (Å²) in [6.45, 7) is 6.97. The van der Waals surface area contributed by atoms with Crippen LogP contribution in [-0.2, 0) is 37.2 Å². The maximum Gasteiger partial charge on any atom is 0.201 e. The van der Waals surface area contributed by atoms with Crippen molar-refractivity contribution in [2.24, 2.45) is 23.7 Å². The van der Waals surface area contributed by atoms with Gasteiger partial charge in [0.2, 0.25) is 5.79 Å². The standard InChI is InChI=1S/C23H32O6/c1-14-4-9-19-15(2)20(25-13-17-7-5-16(12-24)6-8-17)26-21-23(19)18(14)10-11-22(3,27-21)28-29-23/h5-8,14-15,18-21,24H,4,9-13H2,1-3H3/t14-,15-,18?,19?,20?,21?,22?,23-/m1/s1. The van der Waals surface area contributed by atoms with Gasteiger partial charge in [-0.2, -0.15) is 0 Å². The van der Waals surface area contributed by atoms with E-state index in [0.717, 1.165) is 30.4 Å². The van der Waals surface area contributed by atoms with Gasteiger partial charge in [-0.25, -0.2) is 9.78 Å². The van der Waals surface area contributed by atoms with Gasteiger partial charge in [-0.05, 0) is 49.1 Å². The fraction of sp³-hybridized carbons (Fsp3) is 0.739. The highest BCUT2D eigenvalue weighted by Gasteiger charge is 2.69. The van der Waals surface area contributed by atoms with Crippen LogP contribution in [-0.4, -0.2) is 29.1 Å². The van der Waals surface area contributed by atoms with Crippen LogP contribution in [0.2, 0.25) is 0 Å². The third-order valence-corrected chi connectivity index (χ3v) is 7.72. The molecule has 2 bridgehead atoms. The molecule has 4 aliphatic heterocycles. The van der Waals surface area contributed by atoms with Gasteiger partial charge in [-0.3, -0.25) is 0 Å². The molecule has 1 aromatic carbocycles. The zero-order valence-corrected chi connectivity index (χ0v) is 17.5. The van der Waals surface area contributed by atoms with Crippen molar-refractivity contribution in [2.75, 3.05) is 0 Å². The molecule has 1 aliphatic carbocycles. The molecule has 1 N–H and O–H groups in total. The molecule has 0 amide bonds. The average molecular weight is 405 g/mol. The summed E-state index contributed by atoms with van der Waals surface area (Å²) in [6.07, 6.45) is 3.27. The normalized spacial score (nSPS) is 46.2. The van der Waals surface area contributed by atoms with Gasteiger partial charge in [0.15, 0.2) is 18.2 Å². The van der Waals surface area contributed by atoms with Crippen molar-refractivity contribution in [1.29, 1.82) is 0 Å². The average Bonchev–Trinajstić information content (AvgIpc) is 2.96. The van der Waals surface area contributed by atoms with E-state index in [2.05, 4.69) is 13.8 Å². The lowest BCUT2D eigenvalue weighted by Gasteiger charge is -2.60. The zero-order valence-electron chi connectivity index (χ0n) is 17.5. The number of ether oxygens (including phenoxy) is 3. The van der Waals surface area contributed by atoms with Crippen LogP contribution in [0.1, 0.15) is 57.6 Å². The number of rotatable bonds is 4. The summed E-state index contributed by atoms with van der Waals surface area (Å²) in [5, 5.41) is 9.22. The molecule has 0 radical (unpaired) electrons. The SMILES string of the molecule is C[C@H]1C(OCc2ccc(CO)cc2)OC2OC3(C)CCC4[C@H](C)CCC1[C@@]24OO3. The molecule has 6 heteroatoms. The number of benzene rings is 1. The highest BCUT2D eigenvalue weighted by molar-refractivity contribution is 5.21. The highest BCUT2D eigenvalue weighted by Crippen LogP contribution is 2.60. The third kappa shape index (κ3) is 3.16. The van der Waals surface area contributed by atoms with Gasteiger partial charge in [0, 0.05) is 18.3 Å². The number of hydrogen-bond donors (Lipinski definition) is 1. The lowest BCUT2D eigenvalue weighted by molar-refractivity contribution is -0.577. The summed E-state index contributed by atoms with van der Waals surface area (Å²) >= 11 is 0. The molecular weight excluding hydrogens is 372 g/mol. The Bertz CT molecular complexity index is 737. The molecule has 6 nitrogen and oxygen atoms in total. The minimum Gasteiger partial charge on any atom is -0.392 e. The van der Waals surface area contributed by atoms with Crippen LogP contribution in [0.25, 0.3) is 0 Å². The van der Waals surface area contributed by atoms with Crippen molar-refractivity contribution in [2.45, 2.75) is 83.6 Å². The molecule has 1 saturated carbocycles. The van der Waals surface area contributed by atoms with Crippen molar-refractivity contribution in [1.82, 2.24) is 0 Å². The van der Waals surface area contributed by atoms with E-state index in [9.17, 15) is 5.11 Å². The van der Waals surface area contributed by atoms with E-state index in [1.807, 2.05) is 31.2 Å². The van der Waals surface area contributed by atoms with Crippen molar-refractivity contribution in [3.63, 3.8) is 0 Å². The quantitative estimate of drug-likeness (QED) is 0.768. The Morgan fingerprint density at radius 1 is 1.03 bits per heavy atom. The molecule has 0 aromatic heterocycles. The first-order chi connectivity index (χ1) is 13.9. The molecule has 1 spiro atoms. The predicted molar refractivity (Wildman–Crippen MR) is 104 cm³/mol. The Labute approximate surface area is 172 Å². The van der Waals surface area contributed by atoms with Gasteiger partial charge in [-0.15, -0.1) is 0 Å². The lowest BCUT2D eigenvalue weighted by Crippen LogP contribution is -2.70. The topological polar surface area (TPSA) is 66.4 Å². The Kier molecular flexibility index (Phi) is 5.01. The van der Waals surface area contributed by atoms with Crippen molar-refractivity contribution >= 4 is 0 Å². The molecule has 5 unspecified atom stereocenters. The summed E-state index contributed by atoms with van der Waals surface area (Å²) in [4.78, 5) is 12.0. The van der Waals surface area contributed by atoms with E-state index in [1.54, 1.807) is 0 Å². The Balaban J connectivity index is 1.38. The monoisotopic (exact) mass is 404 g/mol. The molecule has 5 fully saturated rings. The fourth-order valence-corrected chi connectivity index (χ4v) is 5.98. The smallest absolute Gasteiger partial charge is 0.201 e. The van der Waals surface area contributed by atoms with Gasteiger partial charge in [-0.1, -0.05) is 38.1 Å². The van der Waals surface area contributed by atoms with E-state index >= 15 is 0 Å². The zero-order chi connectivity index (χ0) is 20.2. The second-order valence-corrected chi connectivity index (χ2v) is 9.56. The largest absolute Gasteiger partial charge is 0.392 e. The van der Waals surface area contributed by atoms with Gasteiger partial charge in [0.25, 0.3) is 0 Å². The lowest BCUT2D eigenvalue weighted by atomic mass is 9.58. The number of fused-ring (bicyclic) bond motifs is 2. The summed E-state index contributed by atoms with van der Waals surface area (Å²) < 4.78 is 19.0. The van der Waals surface area contributed by atoms with Gasteiger partial charge >= 0.3 is 0 Å². The van der Waals surface area contributed by atoms with Crippen molar-refractivity contribution in [3.8, 4) is 0 Å². The molecule has 160 valence electrons. The minimum atomic E-state index is -0.761. The van der Waals surface area contributed by atoms with Crippen molar-refractivity contribution in [3.05, 3.63) is 35.4 Å². The number of aliphatic hydroxyl groups excluding tert-OH is 1. The van der Waals surface area contributed by atoms with Crippen LogP contribution in [0.3, 0.4) is 0 Å². The summed E-state index contributed by atoms with van der Waals surface area (Å²) in [5.74, 6) is 0.604. The summed E-state index contributed by atoms with van der Waals surface area (Å²) in [5.41, 5.74) is 1.41. The van der Waals surface area contributed by atoms with Crippen LogP contribution < -0.4 is 0 Å². The first-order valence-electron chi connectivity index (χ1n) is 11.0. The molecule has 8 atom stereocenters. The molecule has 5 aliphatic rings. The third-order valence-electron chi connectivity index (χ3n) is 7.72. The predicted octanol–water partition coefficient (Wildman–Crippen LogP) is 3.90. The molecule has 1 aromatic rings. The maximum atomic E-state index is 9.22. The van der Waals surface area contributed by atoms with Crippen LogP contribution in [0.15, 0.2) is 24.3 Å². The van der Waals surface area contributed by atoms with Gasteiger partial charge < -0.3 is 19.3 Å². The fourth-order valence-electron chi connectivity index (χ4n) is 5.98. The van der Waals surface area contributed by atoms with E-state index in [4.69, 9.17) is 24.0 Å². The van der Waals surface area contributed by atoms with E-state index in [0.29, 0.717) is 18.4 Å². The highest BCUT2D eigenvalue weighted by atomic mass is 17.3. The number of aliphatic hydroxyl groups is 1. The maximum absolute atomic E-state index is 9.22. The van der Waals surface area contributed by atoms with E-state index < -0.39 is 17.7 Å². The molecule has 29 heavy (non-hydrogen) atoms. The van der Waals surface area contributed by atoms with Crippen LogP contribution >= 0.6 is 0 Å². The van der Waals surface area contributed by atoms with E-state index in [-0.39, 0.29) is 24.7 Å². The summed E-state index contributed by atoms with van der Waals surface area (Å²) in [6, 6.07) is 7.82. The molecule has 6 rings (SSSR count). The van der Waals surface area contributed by atoms with Crippen LogP contribution in [0.4, 0.5) is 0 Å². The first kappa shape index (κ1) is 19.9.